The fourth-order valence-corrected chi connectivity index (χ4v) is 2.49. The number of ether oxygens (including phenoxy) is 1. The molecule has 1 aromatic carbocycles. The van der Waals surface area contributed by atoms with E-state index in [4.69, 9.17) is 0 Å². The van der Waals surface area contributed by atoms with E-state index in [-0.39, 0.29) is 4.90 Å². The van der Waals surface area contributed by atoms with Crippen LogP contribution in [-0.2, 0) is 19.4 Å². The highest BCUT2D eigenvalue weighted by atomic mass is 32.2. The van der Waals surface area contributed by atoms with Crippen molar-refractivity contribution in [3.63, 3.8) is 0 Å². The van der Waals surface area contributed by atoms with E-state index in [1.54, 1.807) is 25.1 Å². The maximum absolute atomic E-state index is 11.8. The van der Waals surface area contributed by atoms with Crippen LogP contribution in [-0.4, -0.2) is 20.3 Å². The fourth-order valence-electron chi connectivity index (χ4n) is 1.19. The van der Waals surface area contributed by atoms with Crippen molar-refractivity contribution < 1.29 is 17.9 Å². The quantitative estimate of drug-likeness (QED) is 0.775. The summed E-state index contributed by atoms with van der Waals surface area (Å²) in [6, 6.07) is 6.53. The second kappa shape index (κ2) is 4.44. The van der Waals surface area contributed by atoms with Crippen molar-refractivity contribution in [1.82, 2.24) is 0 Å². The second-order valence-corrected chi connectivity index (χ2v) is 5.27. The maximum Gasteiger partial charge on any atom is 0.418 e. The van der Waals surface area contributed by atoms with Gasteiger partial charge in [0.05, 0.1) is 4.90 Å². The standard InChI is InChI=1S/C10H11O4S/c1-8-5-3-4-6-10(8)15(12,13)9(2)14-7-11/h3-6,9H,1-2H3. The predicted molar refractivity (Wildman–Crippen MR) is 54.6 cm³/mol. The molecule has 0 bridgehead atoms. The lowest BCUT2D eigenvalue weighted by atomic mass is 10.2. The molecule has 0 saturated heterocycles. The molecule has 0 heterocycles. The van der Waals surface area contributed by atoms with Crippen molar-refractivity contribution in [1.29, 1.82) is 0 Å². The molecular formula is C10H11O4S. The zero-order chi connectivity index (χ0) is 11.5. The summed E-state index contributed by atoms with van der Waals surface area (Å²) in [4.78, 5) is 10.1. The Morgan fingerprint density at radius 2 is 1.93 bits per heavy atom. The molecule has 0 amide bonds. The normalized spacial score (nSPS) is 13.2. The van der Waals surface area contributed by atoms with E-state index in [9.17, 15) is 13.2 Å². The van der Waals surface area contributed by atoms with Gasteiger partial charge < -0.3 is 4.74 Å². The number of hydrogen-bond acceptors (Lipinski definition) is 4. The Kier molecular flexibility index (Phi) is 3.47. The van der Waals surface area contributed by atoms with Crippen molar-refractivity contribution in [3.05, 3.63) is 29.8 Å². The SMILES string of the molecule is Cc1ccccc1S(=O)(=O)C(C)O[C]=O. The van der Waals surface area contributed by atoms with Crippen LogP contribution >= 0.6 is 0 Å². The number of benzene rings is 1. The van der Waals surface area contributed by atoms with E-state index in [1.165, 1.54) is 13.0 Å². The molecule has 1 rings (SSSR count). The molecule has 81 valence electrons. The van der Waals surface area contributed by atoms with Gasteiger partial charge in [-0.1, -0.05) is 18.2 Å². The molecular weight excluding hydrogens is 216 g/mol. The molecule has 0 spiro atoms. The lowest BCUT2D eigenvalue weighted by molar-refractivity contribution is 0.256. The van der Waals surface area contributed by atoms with Crippen LogP contribution in [0.15, 0.2) is 29.2 Å². The largest absolute Gasteiger partial charge is 0.437 e. The predicted octanol–water partition coefficient (Wildman–Crippen LogP) is 1.20. The van der Waals surface area contributed by atoms with Gasteiger partial charge in [-0.15, -0.1) is 0 Å². The highest BCUT2D eigenvalue weighted by Crippen LogP contribution is 2.19. The van der Waals surface area contributed by atoms with Crippen LogP contribution in [0.2, 0.25) is 0 Å². The van der Waals surface area contributed by atoms with E-state index in [0.717, 1.165) is 6.47 Å². The third kappa shape index (κ3) is 2.36. The molecule has 0 fully saturated rings. The van der Waals surface area contributed by atoms with Crippen LogP contribution in [0.4, 0.5) is 0 Å². The van der Waals surface area contributed by atoms with Gasteiger partial charge in [0.1, 0.15) is 0 Å². The average molecular weight is 227 g/mol. The molecule has 0 aliphatic carbocycles. The zero-order valence-electron chi connectivity index (χ0n) is 8.43. The van der Waals surface area contributed by atoms with E-state index in [1.807, 2.05) is 0 Å². The Bertz CT molecular complexity index is 450. The first-order chi connectivity index (χ1) is 7.00. The summed E-state index contributed by atoms with van der Waals surface area (Å²) >= 11 is 0. The third-order valence-electron chi connectivity index (χ3n) is 2.05. The second-order valence-electron chi connectivity index (χ2n) is 3.08. The number of sulfone groups is 1. The molecule has 1 aromatic rings. The van der Waals surface area contributed by atoms with Crippen molar-refractivity contribution >= 4 is 16.3 Å². The van der Waals surface area contributed by atoms with Crippen LogP contribution in [0.5, 0.6) is 0 Å². The van der Waals surface area contributed by atoms with Crippen LogP contribution in [0.25, 0.3) is 0 Å². The highest BCUT2D eigenvalue weighted by molar-refractivity contribution is 7.92. The number of hydrogen-bond donors (Lipinski definition) is 0. The van der Waals surface area contributed by atoms with Gasteiger partial charge in [-0.25, -0.2) is 13.2 Å². The van der Waals surface area contributed by atoms with E-state index < -0.39 is 15.3 Å². The van der Waals surface area contributed by atoms with Crippen LogP contribution in [0, 0.1) is 6.92 Å². The van der Waals surface area contributed by atoms with Crippen molar-refractivity contribution in [2.45, 2.75) is 24.2 Å². The van der Waals surface area contributed by atoms with E-state index in [0.29, 0.717) is 5.56 Å². The molecule has 0 aliphatic rings. The summed E-state index contributed by atoms with van der Waals surface area (Å²) in [5, 5.41) is 0. The lowest BCUT2D eigenvalue weighted by Gasteiger charge is -2.12. The summed E-state index contributed by atoms with van der Waals surface area (Å²) in [5.74, 6) is 0. The van der Waals surface area contributed by atoms with Gasteiger partial charge in [-0.2, -0.15) is 0 Å². The Labute approximate surface area is 88.8 Å². The van der Waals surface area contributed by atoms with Gasteiger partial charge in [-0.05, 0) is 25.5 Å². The van der Waals surface area contributed by atoms with Gasteiger partial charge in [0.25, 0.3) is 0 Å². The molecule has 0 aromatic heterocycles. The summed E-state index contributed by atoms with van der Waals surface area (Å²) in [7, 11) is -3.62. The van der Waals surface area contributed by atoms with Crippen molar-refractivity contribution in [2.24, 2.45) is 0 Å². The van der Waals surface area contributed by atoms with E-state index in [2.05, 4.69) is 4.74 Å². The lowest BCUT2D eigenvalue weighted by Crippen LogP contribution is -2.21. The van der Waals surface area contributed by atoms with Gasteiger partial charge >= 0.3 is 6.47 Å². The number of carbonyl (C=O) groups excluding carboxylic acids is 1. The van der Waals surface area contributed by atoms with Gasteiger partial charge in [-0.3, -0.25) is 0 Å². The number of aryl methyl sites for hydroxylation is 1. The molecule has 0 N–H and O–H groups in total. The van der Waals surface area contributed by atoms with Gasteiger partial charge in [0, 0.05) is 0 Å². The maximum atomic E-state index is 11.8. The molecule has 0 saturated carbocycles. The summed E-state index contributed by atoms with van der Waals surface area (Å²) in [6.07, 6.45) is 0. The Morgan fingerprint density at radius 1 is 1.33 bits per heavy atom. The number of rotatable bonds is 4. The highest BCUT2D eigenvalue weighted by Gasteiger charge is 2.25. The monoisotopic (exact) mass is 227 g/mol. The van der Waals surface area contributed by atoms with Crippen molar-refractivity contribution in [2.75, 3.05) is 0 Å². The molecule has 4 nitrogen and oxygen atoms in total. The Morgan fingerprint density at radius 3 is 2.47 bits per heavy atom. The third-order valence-corrected chi connectivity index (χ3v) is 4.09. The molecule has 0 aliphatic heterocycles. The zero-order valence-corrected chi connectivity index (χ0v) is 9.24. The molecule has 1 unspecified atom stereocenters. The van der Waals surface area contributed by atoms with E-state index >= 15 is 0 Å². The van der Waals surface area contributed by atoms with Crippen LogP contribution < -0.4 is 0 Å². The smallest absolute Gasteiger partial charge is 0.418 e. The molecule has 1 radical (unpaired) electrons. The first kappa shape index (κ1) is 11.7. The van der Waals surface area contributed by atoms with Gasteiger partial charge in [0.15, 0.2) is 0 Å². The molecule has 1 atom stereocenters. The molecule has 15 heavy (non-hydrogen) atoms. The summed E-state index contributed by atoms with van der Waals surface area (Å²) < 4.78 is 28.0. The minimum absolute atomic E-state index is 0.174. The Hall–Kier alpha value is -1.36. The average Bonchev–Trinajstić information content (AvgIpc) is 2.18. The van der Waals surface area contributed by atoms with Gasteiger partial charge in [0.2, 0.25) is 15.3 Å². The summed E-state index contributed by atoms with van der Waals surface area (Å²) in [5.41, 5.74) is -0.588. The Balaban J connectivity index is 3.17. The van der Waals surface area contributed by atoms with Crippen molar-refractivity contribution in [3.8, 4) is 0 Å². The molecule has 5 heteroatoms. The minimum atomic E-state index is -3.62. The first-order valence-electron chi connectivity index (χ1n) is 4.32. The van der Waals surface area contributed by atoms with Crippen LogP contribution in [0.3, 0.4) is 0 Å². The first-order valence-corrected chi connectivity index (χ1v) is 5.87. The summed E-state index contributed by atoms with van der Waals surface area (Å²) in [6.45, 7) is 4.12. The fraction of sp³-hybridized carbons (Fsp3) is 0.300. The minimum Gasteiger partial charge on any atom is -0.437 e. The topological polar surface area (TPSA) is 60.4 Å². The van der Waals surface area contributed by atoms with Crippen LogP contribution in [0.1, 0.15) is 12.5 Å².